The van der Waals surface area contributed by atoms with Crippen molar-refractivity contribution in [3.8, 4) is 0 Å². The Morgan fingerprint density at radius 2 is 2.18 bits per heavy atom. The first-order chi connectivity index (χ1) is 10.7. The number of rotatable bonds is 7. The lowest BCUT2D eigenvalue weighted by Crippen LogP contribution is -2.34. The lowest BCUT2D eigenvalue weighted by atomic mass is 10.1. The van der Waals surface area contributed by atoms with Crippen molar-refractivity contribution in [1.82, 2.24) is 5.32 Å². The topological polar surface area (TPSA) is 58.6 Å². The molecule has 0 radical (unpaired) electrons. The molecule has 1 atom stereocenters. The van der Waals surface area contributed by atoms with Gasteiger partial charge in [-0.15, -0.1) is 11.3 Å². The standard InChI is InChI=1S/C17H25NO3S/c19-14(11-21-10-12-6-7-12)9-18-17(20)16-8-13-4-2-1-3-5-15(13)22-16/h8,12,14,19H,1-7,9-11H2,(H,18,20). The van der Waals surface area contributed by atoms with E-state index >= 15 is 0 Å². The fourth-order valence-electron chi connectivity index (χ4n) is 2.79. The maximum absolute atomic E-state index is 12.2. The van der Waals surface area contributed by atoms with E-state index in [0.717, 1.165) is 24.3 Å². The van der Waals surface area contributed by atoms with Gasteiger partial charge < -0.3 is 15.2 Å². The smallest absolute Gasteiger partial charge is 0.261 e. The molecule has 4 nitrogen and oxygen atoms in total. The molecule has 2 aliphatic carbocycles. The number of amides is 1. The first-order valence-electron chi connectivity index (χ1n) is 8.38. The molecule has 3 rings (SSSR count). The Morgan fingerprint density at radius 1 is 1.36 bits per heavy atom. The molecule has 22 heavy (non-hydrogen) atoms. The molecule has 0 bridgehead atoms. The zero-order valence-electron chi connectivity index (χ0n) is 13.0. The van der Waals surface area contributed by atoms with Gasteiger partial charge in [0.1, 0.15) is 0 Å². The van der Waals surface area contributed by atoms with Crippen molar-refractivity contribution < 1.29 is 14.6 Å². The van der Waals surface area contributed by atoms with Crippen LogP contribution >= 0.6 is 11.3 Å². The third-order valence-corrected chi connectivity index (χ3v) is 5.57. The minimum absolute atomic E-state index is 0.0701. The molecular weight excluding hydrogens is 298 g/mol. The summed E-state index contributed by atoms with van der Waals surface area (Å²) in [6.45, 7) is 1.30. The number of hydrogen-bond acceptors (Lipinski definition) is 4. The second-order valence-electron chi connectivity index (χ2n) is 6.46. The summed E-state index contributed by atoms with van der Waals surface area (Å²) in [5.74, 6) is 0.627. The molecule has 1 heterocycles. The van der Waals surface area contributed by atoms with Crippen LogP contribution in [-0.2, 0) is 17.6 Å². The molecule has 2 aliphatic rings. The van der Waals surface area contributed by atoms with Crippen LogP contribution in [0.25, 0.3) is 0 Å². The van der Waals surface area contributed by atoms with Crippen LogP contribution in [0, 0.1) is 5.92 Å². The highest BCUT2D eigenvalue weighted by Crippen LogP contribution is 2.29. The molecule has 0 aromatic carbocycles. The molecule has 1 fully saturated rings. The van der Waals surface area contributed by atoms with Gasteiger partial charge in [0.25, 0.3) is 5.91 Å². The molecule has 2 N–H and O–H groups in total. The van der Waals surface area contributed by atoms with E-state index in [9.17, 15) is 9.90 Å². The van der Waals surface area contributed by atoms with E-state index in [1.165, 1.54) is 42.5 Å². The first-order valence-corrected chi connectivity index (χ1v) is 9.19. The summed E-state index contributed by atoms with van der Waals surface area (Å²) in [4.78, 5) is 14.3. The summed E-state index contributed by atoms with van der Waals surface area (Å²) < 4.78 is 5.44. The van der Waals surface area contributed by atoms with Crippen LogP contribution < -0.4 is 5.32 Å². The number of hydrogen-bond donors (Lipinski definition) is 2. The Bertz CT molecular complexity index is 487. The maximum atomic E-state index is 12.2. The molecule has 1 amide bonds. The average Bonchev–Trinajstić information content (AvgIpc) is 3.29. The first kappa shape index (κ1) is 16.0. The van der Waals surface area contributed by atoms with Crippen LogP contribution in [0.3, 0.4) is 0 Å². The number of carbonyl (C=O) groups is 1. The minimum Gasteiger partial charge on any atom is -0.389 e. The molecule has 122 valence electrons. The Morgan fingerprint density at radius 3 is 3.00 bits per heavy atom. The van der Waals surface area contributed by atoms with Gasteiger partial charge in [0.15, 0.2) is 0 Å². The van der Waals surface area contributed by atoms with E-state index in [0.29, 0.717) is 12.5 Å². The highest BCUT2D eigenvalue weighted by molar-refractivity contribution is 7.14. The lowest BCUT2D eigenvalue weighted by Gasteiger charge is -2.11. The Labute approximate surface area is 135 Å². The van der Waals surface area contributed by atoms with Gasteiger partial charge in [0, 0.05) is 18.0 Å². The molecule has 0 spiro atoms. The van der Waals surface area contributed by atoms with E-state index in [1.54, 1.807) is 11.3 Å². The normalized spacial score (nSPS) is 19.3. The van der Waals surface area contributed by atoms with Crippen molar-refractivity contribution >= 4 is 17.2 Å². The number of carbonyl (C=O) groups excluding carboxylic acids is 1. The molecule has 5 heteroatoms. The predicted molar refractivity (Wildman–Crippen MR) is 87.5 cm³/mol. The van der Waals surface area contributed by atoms with Gasteiger partial charge in [-0.05, 0) is 56.1 Å². The number of thiophene rings is 1. The highest BCUT2D eigenvalue weighted by atomic mass is 32.1. The van der Waals surface area contributed by atoms with Crippen LogP contribution in [-0.4, -0.2) is 36.9 Å². The van der Waals surface area contributed by atoms with Crippen molar-refractivity contribution in [2.24, 2.45) is 5.92 Å². The zero-order valence-corrected chi connectivity index (χ0v) is 13.8. The lowest BCUT2D eigenvalue weighted by molar-refractivity contribution is 0.0321. The third kappa shape index (κ3) is 4.54. The van der Waals surface area contributed by atoms with E-state index in [1.807, 2.05) is 6.07 Å². The summed E-state index contributed by atoms with van der Waals surface area (Å²) in [6, 6.07) is 2.04. The van der Waals surface area contributed by atoms with Gasteiger partial charge in [-0.25, -0.2) is 0 Å². The quantitative estimate of drug-likeness (QED) is 0.758. The van der Waals surface area contributed by atoms with Crippen LogP contribution in [0.15, 0.2) is 6.07 Å². The molecule has 1 aromatic heterocycles. The van der Waals surface area contributed by atoms with Crippen molar-refractivity contribution in [3.05, 3.63) is 21.4 Å². The number of aliphatic hydroxyl groups is 1. The number of nitrogens with one attached hydrogen (secondary N) is 1. The third-order valence-electron chi connectivity index (χ3n) is 4.33. The van der Waals surface area contributed by atoms with Crippen molar-refractivity contribution in [2.45, 2.75) is 51.0 Å². The van der Waals surface area contributed by atoms with Crippen LogP contribution in [0.2, 0.25) is 0 Å². The minimum atomic E-state index is -0.625. The maximum Gasteiger partial charge on any atom is 0.261 e. The summed E-state index contributed by atoms with van der Waals surface area (Å²) in [5.41, 5.74) is 1.35. The second-order valence-corrected chi connectivity index (χ2v) is 7.60. The summed E-state index contributed by atoms with van der Waals surface area (Å²) in [7, 11) is 0. The molecule has 1 unspecified atom stereocenters. The predicted octanol–water partition coefficient (Wildman–Crippen LogP) is 2.53. The largest absolute Gasteiger partial charge is 0.389 e. The van der Waals surface area contributed by atoms with E-state index in [-0.39, 0.29) is 12.5 Å². The molecule has 0 aliphatic heterocycles. The molecule has 1 aromatic rings. The fraction of sp³-hybridized carbons (Fsp3) is 0.706. The van der Waals surface area contributed by atoms with Crippen LogP contribution in [0.5, 0.6) is 0 Å². The molecular formula is C17H25NO3S. The number of aryl methyl sites for hydroxylation is 2. The van der Waals surface area contributed by atoms with Gasteiger partial charge in [-0.2, -0.15) is 0 Å². The van der Waals surface area contributed by atoms with Gasteiger partial charge in [-0.1, -0.05) is 6.42 Å². The van der Waals surface area contributed by atoms with Gasteiger partial charge in [-0.3, -0.25) is 4.79 Å². The highest BCUT2D eigenvalue weighted by Gasteiger charge is 2.22. The SMILES string of the molecule is O=C(NCC(O)COCC1CC1)c1cc2c(s1)CCCCC2. The zero-order chi connectivity index (χ0) is 15.4. The van der Waals surface area contributed by atoms with Gasteiger partial charge >= 0.3 is 0 Å². The van der Waals surface area contributed by atoms with Crippen molar-refractivity contribution in [1.29, 1.82) is 0 Å². The monoisotopic (exact) mass is 323 g/mol. The Kier molecular flexibility index (Phi) is 5.50. The number of fused-ring (bicyclic) bond motifs is 1. The Hall–Kier alpha value is -0.910. The molecule has 0 saturated heterocycles. The summed E-state index contributed by atoms with van der Waals surface area (Å²) in [6.07, 6.45) is 7.80. The second kappa shape index (κ2) is 7.57. The van der Waals surface area contributed by atoms with Crippen molar-refractivity contribution in [3.63, 3.8) is 0 Å². The summed E-state index contributed by atoms with van der Waals surface area (Å²) >= 11 is 1.61. The number of aliphatic hydroxyl groups excluding tert-OH is 1. The van der Waals surface area contributed by atoms with Crippen LogP contribution in [0.1, 0.15) is 52.2 Å². The average molecular weight is 323 g/mol. The van der Waals surface area contributed by atoms with Gasteiger partial charge in [0.05, 0.1) is 17.6 Å². The number of ether oxygens (including phenoxy) is 1. The Balaban J connectivity index is 1.42. The van der Waals surface area contributed by atoms with Crippen LogP contribution in [0.4, 0.5) is 0 Å². The van der Waals surface area contributed by atoms with E-state index in [4.69, 9.17) is 4.74 Å². The van der Waals surface area contributed by atoms with E-state index in [2.05, 4.69) is 5.32 Å². The van der Waals surface area contributed by atoms with E-state index < -0.39 is 6.10 Å². The molecule has 1 saturated carbocycles. The van der Waals surface area contributed by atoms with Crippen molar-refractivity contribution in [2.75, 3.05) is 19.8 Å². The van der Waals surface area contributed by atoms with Gasteiger partial charge in [0.2, 0.25) is 0 Å². The fourth-order valence-corrected chi connectivity index (χ4v) is 3.96. The summed E-state index contributed by atoms with van der Waals surface area (Å²) in [5, 5.41) is 12.7.